The lowest BCUT2D eigenvalue weighted by molar-refractivity contribution is 0.0957. The minimum atomic E-state index is -0.216. The molecule has 0 spiro atoms. The number of nitrogens with zero attached hydrogens (tertiary/aromatic N) is 3. The molecule has 1 aromatic rings. The van der Waals surface area contributed by atoms with Crippen molar-refractivity contribution in [3.05, 3.63) is 17.8 Å². The number of aromatic nitrogens is 2. The average Bonchev–Trinajstić information content (AvgIpc) is 2.97. The molecule has 1 aliphatic rings. The van der Waals surface area contributed by atoms with Crippen LogP contribution in [0.15, 0.2) is 12.1 Å². The van der Waals surface area contributed by atoms with Crippen molar-refractivity contribution in [3.63, 3.8) is 0 Å². The van der Waals surface area contributed by atoms with E-state index in [0.29, 0.717) is 17.4 Å². The lowest BCUT2D eigenvalue weighted by atomic mass is 10.1. The van der Waals surface area contributed by atoms with Crippen LogP contribution in [0.5, 0.6) is 0 Å². The second-order valence-corrected chi connectivity index (χ2v) is 5.38. The third-order valence-corrected chi connectivity index (χ3v) is 3.52. The fourth-order valence-electron chi connectivity index (χ4n) is 2.43. The molecule has 1 atom stereocenters. The van der Waals surface area contributed by atoms with Crippen LogP contribution in [0, 0.1) is 5.92 Å². The van der Waals surface area contributed by atoms with Gasteiger partial charge in [-0.05, 0) is 44.0 Å². The van der Waals surface area contributed by atoms with Gasteiger partial charge in [0.1, 0.15) is 5.82 Å². The summed E-state index contributed by atoms with van der Waals surface area (Å²) in [5, 5.41) is 13.7. The first-order chi connectivity index (χ1) is 9.69. The third-order valence-electron chi connectivity index (χ3n) is 3.52. The summed E-state index contributed by atoms with van der Waals surface area (Å²) in [5.41, 5.74) is 0.336. The van der Waals surface area contributed by atoms with Gasteiger partial charge in [0.05, 0.1) is 0 Å². The van der Waals surface area contributed by atoms with Gasteiger partial charge in [-0.25, -0.2) is 0 Å². The Morgan fingerprint density at radius 2 is 2.10 bits per heavy atom. The van der Waals surface area contributed by atoms with Gasteiger partial charge in [0.15, 0.2) is 5.69 Å². The molecule has 6 heteroatoms. The van der Waals surface area contributed by atoms with Crippen molar-refractivity contribution in [3.8, 4) is 0 Å². The van der Waals surface area contributed by atoms with Crippen LogP contribution in [-0.2, 0) is 0 Å². The Labute approximate surface area is 120 Å². The Hall–Kier alpha value is -1.69. The standard InChI is InChI=1S/C14H23N5O/c1-11(10-19-7-3-4-8-19)9-16-13-6-5-12(17-18-13)14(20)15-2/h5-6,11H,3-4,7-10H2,1-2H3,(H,15,20)(H,16,18). The maximum atomic E-state index is 11.3. The summed E-state index contributed by atoms with van der Waals surface area (Å²) in [6.07, 6.45) is 2.65. The molecule has 0 aliphatic carbocycles. The van der Waals surface area contributed by atoms with Gasteiger partial charge in [-0.1, -0.05) is 6.92 Å². The monoisotopic (exact) mass is 277 g/mol. The first-order valence-electron chi connectivity index (χ1n) is 7.21. The van der Waals surface area contributed by atoms with E-state index in [1.54, 1.807) is 19.2 Å². The van der Waals surface area contributed by atoms with Crippen LogP contribution in [0.25, 0.3) is 0 Å². The molecule has 0 bridgehead atoms. The van der Waals surface area contributed by atoms with Crippen molar-refractivity contribution in [1.29, 1.82) is 0 Å². The summed E-state index contributed by atoms with van der Waals surface area (Å²) in [4.78, 5) is 13.9. The van der Waals surface area contributed by atoms with Gasteiger partial charge in [-0.2, -0.15) is 0 Å². The number of rotatable bonds is 6. The fourth-order valence-corrected chi connectivity index (χ4v) is 2.43. The normalized spacial score (nSPS) is 16.9. The zero-order chi connectivity index (χ0) is 14.4. The maximum Gasteiger partial charge on any atom is 0.271 e. The zero-order valence-electron chi connectivity index (χ0n) is 12.2. The van der Waals surface area contributed by atoms with Crippen LogP contribution in [0.4, 0.5) is 5.82 Å². The van der Waals surface area contributed by atoms with Crippen molar-refractivity contribution in [2.45, 2.75) is 19.8 Å². The first kappa shape index (κ1) is 14.7. The molecule has 0 radical (unpaired) electrons. The highest BCUT2D eigenvalue weighted by Crippen LogP contribution is 2.11. The van der Waals surface area contributed by atoms with Gasteiger partial charge >= 0.3 is 0 Å². The van der Waals surface area contributed by atoms with Crippen LogP contribution in [-0.4, -0.2) is 54.2 Å². The summed E-state index contributed by atoms with van der Waals surface area (Å²) < 4.78 is 0. The molecule has 1 fully saturated rings. The predicted octanol–water partition coefficient (Wildman–Crippen LogP) is 0.980. The molecule has 20 heavy (non-hydrogen) atoms. The van der Waals surface area contributed by atoms with Crippen LogP contribution in [0.3, 0.4) is 0 Å². The minimum absolute atomic E-state index is 0.216. The van der Waals surface area contributed by atoms with E-state index in [4.69, 9.17) is 0 Å². The highest BCUT2D eigenvalue weighted by molar-refractivity contribution is 5.91. The Morgan fingerprint density at radius 1 is 1.35 bits per heavy atom. The van der Waals surface area contributed by atoms with Crippen LogP contribution < -0.4 is 10.6 Å². The molecular formula is C14H23N5O. The quantitative estimate of drug-likeness (QED) is 0.811. The SMILES string of the molecule is CNC(=O)c1ccc(NCC(C)CN2CCCC2)nn1. The van der Waals surface area contributed by atoms with E-state index in [1.807, 2.05) is 0 Å². The molecule has 0 saturated carbocycles. The minimum Gasteiger partial charge on any atom is -0.368 e. The molecule has 6 nitrogen and oxygen atoms in total. The van der Waals surface area contributed by atoms with Gasteiger partial charge in [0.25, 0.3) is 5.91 Å². The number of anilines is 1. The molecule has 2 heterocycles. The molecule has 0 aromatic carbocycles. The van der Waals surface area contributed by atoms with E-state index in [0.717, 1.165) is 13.1 Å². The van der Waals surface area contributed by atoms with Crippen LogP contribution in [0.2, 0.25) is 0 Å². The maximum absolute atomic E-state index is 11.3. The molecule has 2 rings (SSSR count). The van der Waals surface area contributed by atoms with Gasteiger partial charge in [0, 0.05) is 20.1 Å². The number of hydrogen-bond acceptors (Lipinski definition) is 5. The Balaban J connectivity index is 1.76. The van der Waals surface area contributed by atoms with E-state index in [9.17, 15) is 4.79 Å². The molecule has 110 valence electrons. The van der Waals surface area contributed by atoms with Gasteiger partial charge in [-0.3, -0.25) is 4.79 Å². The smallest absolute Gasteiger partial charge is 0.271 e. The van der Waals surface area contributed by atoms with E-state index in [2.05, 4.69) is 32.7 Å². The summed E-state index contributed by atoms with van der Waals surface area (Å²) in [6, 6.07) is 3.47. The second-order valence-electron chi connectivity index (χ2n) is 5.38. The number of likely N-dealkylation sites (tertiary alicyclic amines) is 1. The van der Waals surface area contributed by atoms with E-state index in [-0.39, 0.29) is 5.91 Å². The summed E-state index contributed by atoms with van der Waals surface area (Å²) in [7, 11) is 1.58. The van der Waals surface area contributed by atoms with Crippen LogP contribution in [0.1, 0.15) is 30.3 Å². The number of hydrogen-bond donors (Lipinski definition) is 2. The number of carbonyl (C=O) groups is 1. The third kappa shape index (κ3) is 4.16. The van der Waals surface area contributed by atoms with Gasteiger partial charge in [0.2, 0.25) is 0 Å². The number of carbonyl (C=O) groups excluding carboxylic acids is 1. The lowest BCUT2D eigenvalue weighted by Crippen LogP contribution is -2.29. The molecule has 1 amide bonds. The largest absolute Gasteiger partial charge is 0.368 e. The molecule has 2 N–H and O–H groups in total. The van der Waals surface area contributed by atoms with Crippen molar-refractivity contribution >= 4 is 11.7 Å². The molecule has 1 unspecified atom stereocenters. The van der Waals surface area contributed by atoms with E-state index >= 15 is 0 Å². The van der Waals surface area contributed by atoms with Crippen molar-refractivity contribution < 1.29 is 4.79 Å². The first-order valence-corrected chi connectivity index (χ1v) is 7.21. The number of nitrogens with one attached hydrogen (secondary N) is 2. The van der Waals surface area contributed by atoms with E-state index in [1.165, 1.54) is 25.9 Å². The summed E-state index contributed by atoms with van der Waals surface area (Å²) in [5.74, 6) is 1.06. The van der Waals surface area contributed by atoms with Gasteiger partial charge in [-0.15, -0.1) is 10.2 Å². The lowest BCUT2D eigenvalue weighted by Gasteiger charge is -2.20. The topological polar surface area (TPSA) is 70.2 Å². The second kappa shape index (κ2) is 7.19. The summed E-state index contributed by atoms with van der Waals surface area (Å²) >= 11 is 0. The Bertz CT molecular complexity index is 428. The van der Waals surface area contributed by atoms with E-state index < -0.39 is 0 Å². The fraction of sp³-hybridized carbons (Fsp3) is 0.643. The van der Waals surface area contributed by atoms with Crippen molar-refractivity contribution in [2.75, 3.05) is 38.5 Å². The molecule has 1 aliphatic heterocycles. The molecule has 1 aromatic heterocycles. The highest BCUT2D eigenvalue weighted by atomic mass is 16.1. The molecular weight excluding hydrogens is 254 g/mol. The van der Waals surface area contributed by atoms with Crippen molar-refractivity contribution in [1.82, 2.24) is 20.4 Å². The van der Waals surface area contributed by atoms with Gasteiger partial charge < -0.3 is 15.5 Å². The van der Waals surface area contributed by atoms with Crippen LogP contribution >= 0.6 is 0 Å². The predicted molar refractivity (Wildman–Crippen MR) is 78.7 cm³/mol. The molecule has 1 saturated heterocycles. The summed E-state index contributed by atoms with van der Waals surface area (Å²) in [6.45, 7) is 6.68. The highest BCUT2D eigenvalue weighted by Gasteiger charge is 2.14. The zero-order valence-corrected chi connectivity index (χ0v) is 12.2. The van der Waals surface area contributed by atoms with Crippen molar-refractivity contribution in [2.24, 2.45) is 5.92 Å². The number of amides is 1. The average molecular weight is 277 g/mol. The Kier molecular flexibility index (Phi) is 5.29. The Morgan fingerprint density at radius 3 is 2.70 bits per heavy atom.